The van der Waals surface area contributed by atoms with Crippen LogP contribution in [0, 0.1) is 0 Å². The molecule has 0 unspecified atom stereocenters. The molecule has 0 bridgehead atoms. The molecule has 5 heterocycles. The predicted molar refractivity (Wildman–Crippen MR) is 105 cm³/mol. The lowest BCUT2D eigenvalue weighted by atomic mass is 10.1. The Morgan fingerprint density at radius 3 is 3.03 bits per heavy atom. The second kappa shape index (κ2) is 6.45. The number of aromatic nitrogens is 7. The lowest BCUT2D eigenvalue weighted by Crippen LogP contribution is -2.32. The number of fused-ring (bicyclic) bond motifs is 2. The fourth-order valence-electron chi connectivity index (χ4n) is 4.54. The molecule has 0 aromatic carbocycles. The molecule has 1 aliphatic carbocycles. The van der Waals surface area contributed by atoms with Crippen LogP contribution in [-0.4, -0.2) is 52.2 Å². The fraction of sp³-hybridized carbons (Fsp3) is 0.368. The topological polar surface area (TPSA) is 94.1 Å². The van der Waals surface area contributed by atoms with Crippen LogP contribution >= 0.6 is 11.3 Å². The first-order chi connectivity index (χ1) is 14.3. The number of hydrogen-bond donors (Lipinski definition) is 0. The zero-order chi connectivity index (χ0) is 19.4. The molecular weight excluding hydrogens is 388 g/mol. The molecule has 0 saturated carbocycles. The van der Waals surface area contributed by atoms with Gasteiger partial charge in [0.1, 0.15) is 11.3 Å². The molecule has 0 radical (unpaired) electrons. The summed E-state index contributed by atoms with van der Waals surface area (Å²) in [6, 6.07) is 5.75. The molecule has 2 aliphatic rings. The molecule has 1 fully saturated rings. The fourth-order valence-corrected chi connectivity index (χ4v) is 5.83. The second-order valence-corrected chi connectivity index (χ2v) is 8.52. The van der Waals surface area contributed by atoms with Crippen LogP contribution in [0.1, 0.15) is 51.9 Å². The number of carbonyl (C=O) groups is 1. The highest BCUT2D eigenvalue weighted by Gasteiger charge is 2.38. The molecule has 146 valence electrons. The minimum absolute atomic E-state index is 0.0464. The number of likely N-dealkylation sites (tertiary alicyclic amines) is 1. The van der Waals surface area contributed by atoms with Gasteiger partial charge in [0.15, 0.2) is 11.5 Å². The number of nitrogens with zero attached hydrogens (tertiary/aromatic N) is 8. The van der Waals surface area contributed by atoms with Gasteiger partial charge in [-0.15, -0.1) is 26.6 Å². The molecule has 1 saturated heterocycles. The van der Waals surface area contributed by atoms with Gasteiger partial charge in [0.25, 0.3) is 5.91 Å². The smallest absolute Gasteiger partial charge is 0.257 e. The van der Waals surface area contributed by atoms with Gasteiger partial charge < -0.3 is 4.90 Å². The number of hydrogen-bond acceptors (Lipinski definition) is 7. The summed E-state index contributed by atoms with van der Waals surface area (Å²) in [5.74, 6) is 0.868. The van der Waals surface area contributed by atoms with Gasteiger partial charge in [0.05, 0.1) is 11.6 Å². The maximum Gasteiger partial charge on any atom is 0.257 e. The third kappa shape index (κ3) is 2.52. The monoisotopic (exact) mass is 406 g/mol. The Balaban J connectivity index is 1.44. The van der Waals surface area contributed by atoms with Gasteiger partial charge in [0.2, 0.25) is 0 Å². The molecule has 4 aromatic heterocycles. The molecule has 1 atom stereocenters. The number of pyridine rings is 1. The van der Waals surface area contributed by atoms with E-state index in [4.69, 9.17) is 0 Å². The van der Waals surface area contributed by atoms with E-state index in [9.17, 15) is 4.79 Å². The van der Waals surface area contributed by atoms with Gasteiger partial charge >= 0.3 is 0 Å². The van der Waals surface area contributed by atoms with Gasteiger partial charge in [-0.05, 0) is 60.2 Å². The largest absolute Gasteiger partial charge is 0.328 e. The molecular formula is C19H18N8OS. The zero-order valence-corrected chi connectivity index (χ0v) is 16.4. The van der Waals surface area contributed by atoms with E-state index in [0.29, 0.717) is 6.54 Å². The van der Waals surface area contributed by atoms with Crippen LogP contribution in [-0.2, 0) is 12.8 Å². The van der Waals surface area contributed by atoms with Gasteiger partial charge in [-0.25, -0.2) is 0 Å². The van der Waals surface area contributed by atoms with Gasteiger partial charge in [-0.1, -0.05) is 6.07 Å². The van der Waals surface area contributed by atoms with E-state index in [1.165, 1.54) is 10.4 Å². The summed E-state index contributed by atoms with van der Waals surface area (Å²) in [5, 5.41) is 21.1. The zero-order valence-electron chi connectivity index (χ0n) is 15.6. The summed E-state index contributed by atoms with van der Waals surface area (Å²) in [4.78, 5) is 17.1. The van der Waals surface area contributed by atoms with Crippen molar-refractivity contribution >= 4 is 22.9 Å². The summed E-state index contributed by atoms with van der Waals surface area (Å²) in [6.07, 6.45) is 8.39. The van der Waals surface area contributed by atoms with E-state index in [1.807, 2.05) is 33.7 Å². The number of tetrazole rings is 1. The number of carbonyl (C=O) groups excluding carboxylic acids is 1. The van der Waals surface area contributed by atoms with Crippen molar-refractivity contribution in [3.8, 4) is 5.00 Å². The van der Waals surface area contributed by atoms with E-state index in [2.05, 4.69) is 25.7 Å². The van der Waals surface area contributed by atoms with Crippen molar-refractivity contribution in [2.75, 3.05) is 6.54 Å². The van der Waals surface area contributed by atoms with E-state index in [-0.39, 0.29) is 11.9 Å². The van der Waals surface area contributed by atoms with E-state index in [0.717, 1.165) is 54.1 Å². The SMILES string of the molecule is O=C(c1c(-n2cnnn2)sc2c1CCC2)N1CCC[C@@H]1c1nnc2ccccn12. The van der Waals surface area contributed by atoms with Crippen LogP contribution in [0.2, 0.25) is 0 Å². The molecule has 9 nitrogen and oxygen atoms in total. The first-order valence-corrected chi connectivity index (χ1v) is 10.6. The third-order valence-corrected chi connectivity index (χ3v) is 7.11. The third-order valence-electron chi connectivity index (χ3n) is 5.83. The van der Waals surface area contributed by atoms with Crippen LogP contribution < -0.4 is 0 Å². The Labute approximate surface area is 170 Å². The van der Waals surface area contributed by atoms with E-state index < -0.39 is 0 Å². The summed E-state index contributed by atoms with van der Waals surface area (Å²) in [5.41, 5.74) is 2.73. The number of rotatable bonds is 3. The van der Waals surface area contributed by atoms with Crippen LogP contribution in [0.3, 0.4) is 0 Å². The normalized spacial score (nSPS) is 18.6. The molecule has 4 aromatic rings. The average molecular weight is 406 g/mol. The van der Waals surface area contributed by atoms with Crippen molar-refractivity contribution in [1.82, 2.24) is 39.7 Å². The predicted octanol–water partition coefficient (Wildman–Crippen LogP) is 2.23. The van der Waals surface area contributed by atoms with Gasteiger partial charge in [-0.2, -0.15) is 4.68 Å². The van der Waals surface area contributed by atoms with E-state index >= 15 is 0 Å². The minimum atomic E-state index is -0.0847. The van der Waals surface area contributed by atoms with Crippen molar-refractivity contribution in [2.45, 2.75) is 38.1 Å². The van der Waals surface area contributed by atoms with Gasteiger partial charge in [0, 0.05) is 17.6 Å². The molecule has 6 rings (SSSR count). The van der Waals surface area contributed by atoms with Crippen LogP contribution in [0.5, 0.6) is 0 Å². The highest BCUT2D eigenvalue weighted by Crippen LogP contribution is 2.40. The van der Waals surface area contributed by atoms with Crippen LogP contribution in [0.4, 0.5) is 0 Å². The molecule has 10 heteroatoms. The Hall–Kier alpha value is -3.14. The quantitative estimate of drug-likeness (QED) is 0.518. The highest BCUT2D eigenvalue weighted by molar-refractivity contribution is 7.15. The first-order valence-electron chi connectivity index (χ1n) is 9.80. The maximum atomic E-state index is 13.8. The van der Waals surface area contributed by atoms with E-state index in [1.54, 1.807) is 22.3 Å². The van der Waals surface area contributed by atoms with Crippen molar-refractivity contribution in [3.63, 3.8) is 0 Å². The molecule has 29 heavy (non-hydrogen) atoms. The Morgan fingerprint density at radius 2 is 2.14 bits per heavy atom. The Kier molecular flexibility index (Phi) is 3.73. The lowest BCUT2D eigenvalue weighted by molar-refractivity contribution is 0.0728. The number of amides is 1. The minimum Gasteiger partial charge on any atom is -0.328 e. The van der Waals surface area contributed by atoms with Crippen LogP contribution in [0.15, 0.2) is 30.7 Å². The Morgan fingerprint density at radius 1 is 1.17 bits per heavy atom. The number of aryl methyl sites for hydroxylation is 1. The Bertz CT molecular complexity index is 1210. The lowest BCUT2D eigenvalue weighted by Gasteiger charge is -2.24. The number of thiophene rings is 1. The summed E-state index contributed by atoms with van der Waals surface area (Å²) >= 11 is 1.63. The molecule has 1 aliphatic heterocycles. The van der Waals surface area contributed by atoms with Crippen molar-refractivity contribution < 1.29 is 4.79 Å². The summed E-state index contributed by atoms with van der Waals surface area (Å²) in [6.45, 7) is 0.713. The summed E-state index contributed by atoms with van der Waals surface area (Å²) in [7, 11) is 0. The molecule has 0 spiro atoms. The van der Waals surface area contributed by atoms with Gasteiger partial charge in [-0.3, -0.25) is 9.20 Å². The standard InChI is InChI=1S/C19H18N8OS/c28-18(16-12-5-3-7-14(12)29-19(16)27-11-20-23-24-27)25-10-4-6-13(25)17-22-21-15-8-1-2-9-26(15)17/h1-2,8-9,11,13H,3-7,10H2/t13-/m1/s1. The van der Waals surface area contributed by atoms with Crippen molar-refractivity contribution in [1.29, 1.82) is 0 Å². The molecule has 0 N–H and O–H groups in total. The molecule has 1 amide bonds. The summed E-state index contributed by atoms with van der Waals surface area (Å²) < 4.78 is 3.60. The first kappa shape index (κ1) is 16.8. The maximum absolute atomic E-state index is 13.8. The average Bonchev–Trinajstić information content (AvgIpc) is 3.55. The van der Waals surface area contributed by atoms with Crippen molar-refractivity contribution in [2.24, 2.45) is 0 Å². The van der Waals surface area contributed by atoms with Crippen LogP contribution in [0.25, 0.3) is 10.6 Å². The highest BCUT2D eigenvalue weighted by atomic mass is 32.1. The second-order valence-electron chi connectivity index (χ2n) is 7.44. The van der Waals surface area contributed by atoms with Crippen molar-refractivity contribution in [3.05, 3.63) is 52.6 Å².